The van der Waals surface area contributed by atoms with Gasteiger partial charge >= 0.3 is 0 Å². The van der Waals surface area contributed by atoms with Crippen LogP contribution in [0, 0.1) is 0 Å². The zero-order chi connectivity index (χ0) is 19.3. The number of benzene rings is 2. The fourth-order valence-electron chi connectivity index (χ4n) is 3.37. The quantitative estimate of drug-likeness (QED) is 0.637. The summed E-state index contributed by atoms with van der Waals surface area (Å²) in [6.07, 6.45) is 7.70. The third kappa shape index (κ3) is 4.15. The maximum Gasteiger partial charge on any atom is 0.248 e. The highest BCUT2D eigenvalue weighted by molar-refractivity contribution is 6.34. The van der Waals surface area contributed by atoms with Crippen molar-refractivity contribution in [2.75, 3.05) is 5.32 Å². The summed E-state index contributed by atoms with van der Waals surface area (Å²) in [5.74, 6) is 1.62. The van der Waals surface area contributed by atoms with E-state index in [0.29, 0.717) is 10.7 Å². The van der Waals surface area contributed by atoms with Crippen LogP contribution in [0.5, 0.6) is 0 Å². The van der Waals surface area contributed by atoms with Crippen molar-refractivity contribution in [1.29, 1.82) is 0 Å². The monoisotopic (exact) mass is 392 g/mol. The van der Waals surface area contributed by atoms with Crippen LogP contribution >= 0.6 is 11.6 Å². The number of hydrogen-bond donors (Lipinski definition) is 1. The van der Waals surface area contributed by atoms with Crippen LogP contribution in [0.4, 0.5) is 5.69 Å². The molecule has 0 radical (unpaired) electrons. The van der Waals surface area contributed by atoms with E-state index in [-0.39, 0.29) is 5.91 Å². The molecule has 0 unspecified atom stereocenters. The number of carbonyl (C=O) groups is 1. The number of fused-ring (bicyclic) bond motifs is 1. The molecule has 1 aromatic heterocycles. The minimum atomic E-state index is -0.233. The molecule has 0 aliphatic carbocycles. The van der Waals surface area contributed by atoms with E-state index in [2.05, 4.69) is 20.1 Å². The van der Waals surface area contributed by atoms with E-state index in [4.69, 9.17) is 11.6 Å². The zero-order valence-corrected chi connectivity index (χ0v) is 16.2. The summed E-state index contributed by atoms with van der Waals surface area (Å²) in [5, 5.41) is 12.1. The Morgan fingerprint density at radius 3 is 2.79 bits per heavy atom. The SMILES string of the molecule is O=C(C=Cc1ccccc1)Nc1cc(-c2nnc3n2CCCCC3)ccc1Cl. The van der Waals surface area contributed by atoms with Gasteiger partial charge in [0.2, 0.25) is 5.91 Å². The van der Waals surface area contributed by atoms with E-state index in [1.807, 2.05) is 42.5 Å². The third-order valence-electron chi connectivity index (χ3n) is 4.82. The molecule has 28 heavy (non-hydrogen) atoms. The highest BCUT2D eigenvalue weighted by Crippen LogP contribution is 2.29. The van der Waals surface area contributed by atoms with Crippen molar-refractivity contribution in [2.24, 2.45) is 0 Å². The molecule has 5 nitrogen and oxygen atoms in total. The van der Waals surface area contributed by atoms with Gasteiger partial charge in [-0.1, -0.05) is 48.4 Å². The number of halogens is 1. The first-order valence-corrected chi connectivity index (χ1v) is 9.84. The van der Waals surface area contributed by atoms with Gasteiger partial charge in [-0.3, -0.25) is 4.79 Å². The Balaban J connectivity index is 1.55. The predicted octanol–water partition coefficient (Wildman–Crippen LogP) is 4.98. The minimum Gasteiger partial charge on any atom is -0.321 e. The number of nitrogens with zero attached hydrogens (tertiary/aromatic N) is 3. The van der Waals surface area contributed by atoms with Crippen LogP contribution in [0.15, 0.2) is 54.6 Å². The molecule has 142 valence electrons. The van der Waals surface area contributed by atoms with Gasteiger partial charge in [-0.2, -0.15) is 0 Å². The molecule has 0 saturated carbocycles. The second-order valence-electron chi connectivity index (χ2n) is 6.83. The smallest absolute Gasteiger partial charge is 0.248 e. The molecule has 0 fully saturated rings. The molecular weight excluding hydrogens is 372 g/mol. The molecule has 1 aliphatic heterocycles. The first kappa shape index (κ1) is 18.4. The molecule has 1 amide bonds. The second kappa shape index (κ2) is 8.40. The minimum absolute atomic E-state index is 0.233. The fourth-order valence-corrected chi connectivity index (χ4v) is 3.53. The number of hydrogen-bond acceptors (Lipinski definition) is 3. The van der Waals surface area contributed by atoms with E-state index in [1.54, 1.807) is 12.1 Å². The van der Waals surface area contributed by atoms with Crippen LogP contribution in [0.25, 0.3) is 17.5 Å². The highest BCUT2D eigenvalue weighted by Gasteiger charge is 2.17. The van der Waals surface area contributed by atoms with Crippen LogP contribution in [0.3, 0.4) is 0 Å². The lowest BCUT2D eigenvalue weighted by Crippen LogP contribution is -2.09. The van der Waals surface area contributed by atoms with Gasteiger partial charge in [0.25, 0.3) is 0 Å². The van der Waals surface area contributed by atoms with Crippen molar-refractivity contribution in [3.63, 3.8) is 0 Å². The maximum absolute atomic E-state index is 12.3. The van der Waals surface area contributed by atoms with Crippen molar-refractivity contribution in [1.82, 2.24) is 14.8 Å². The number of anilines is 1. The van der Waals surface area contributed by atoms with Crippen LogP contribution in [-0.2, 0) is 17.8 Å². The first-order valence-electron chi connectivity index (χ1n) is 9.47. The van der Waals surface area contributed by atoms with E-state index in [9.17, 15) is 4.79 Å². The lowest BCUT2D eigenvalue weighted by atomic mass is 10.1. The molecule has 0 bridgehead atoms. The predicted molar refractivity (Wildman–Crippen MR) is 112 cm³/mol. The molecule has 2 aromatic carbocycles. The summed E-state index contributed by atoms with van der Waals surface area (Å²) in [4.78, 5) is 12.3. The Morgan fingerprint density at radius 1 is 1.07 bits per heavy atom. The number of nitrogens with one attached hydrogen (secondary N) is 1. The van der Waals surface area contributed by atoms with Gasteiger partial charge in [0.05, 0.1) is 10.7 Å². The average molecular weight is 393 g/mol. The standard InChI is InChI=1S/C22H21ClN4O/c23-18-12-11-17(22-26-25-20-9-5-2-6-14-27(20)22)15-19(18)24-21(28)13-10-16-7-3-1-4-8-16/h1,3-4,7-8,10-13,15H,2,5-6,9,14H2,(H,24,28). The third-order valence-corrected chi connectivity index (χ3v) is 5.15. The Kier molecular flexibility index (Phi) is 5.53. The fraction of sp³-hybridized carbons (Fsp3) is 0.227. The molecule has 0 spiro atoms. The Hall–Kier alpha value is -2.92. The normalized spacial score (nSPS) is 13.9. The van der Waals surface area contributed by atoms with Crippen molar-refractivity contribution >= 4 is 29.3 Å². The Morgan fingerprint density at radius 2 is 1.93 bits per heavy atom. The topological polar surface area (TPSA) is 59.8 Å². The highest BCUT2D eigenvalue weighted by atomic mass is 35.5. The van der Waals surface area contributed by atoms with E-state index >= 15 is 0 Å². The van der Waals surface area contributed by atoms with Gasteiger partial charge in [-0.05, 0) is 42.7 Å². The Labute approximate surface area is 169 Å². The molecular formula is C22H21ClN4O. The number of aromatic nitrogens is 3. The van der Waals surface area contributed by atoms with Crippen LogP contribution in [0.2, 0.25) is 5.02 Å². The van der Waals surface area contributed by atoms with E-state index < -0.39 is 0 Å². The summed E-state index contributed by atoms with van der Waals surface area (Å²) in [6, 6.07) is 15.2. The molecule has 6 heteroatoms. The van der Waals surface area contributed by atoms with Gasteiger partial charge < -0.3 is 9.88 Å². The lowest BCUT2D eigenvalue weighted by molar-refractivity contribution is -0.111. The van der Waals surface area contributed by atoms with Gasteiger partial charge in [-0.15, -0.1) is 10.2 Å². The Bertz CT molecular complexity index is 1010. The average Bonchev–Trinajstić information content (AvgIpc) is 2.97. The second-order valence-corrected chi connectivity index (χ2v) is 7.24. The van der Waals surface area contributed by atoms with E-state index in [1.165, 1.54) is 12.5 Å². The van der Waals surface area contributed by atoms with Gasteiger partial charge in [0.1, 0.15) is 5.82 Å². The van der Waals surface area contributed by atoms with Crippen LogP contribution in [0.1, 0.15) is 30.7 Å². The zero-order valence-electron chi connectivity index (χ0n) is 15.4. The van der Waals surface area contributed by atoms with Crippen molar-refractivity contribution in [3.05, 3.63) is 71.0 Å². The van der Waals surface area contributed by atoms with Crippen molar-refractivity contribution < 1.29 is 4.79 Å². The molecule has 2 heterocycles. The molecule has 3 aromatic rings. The summed E-state index contributed by atoms with van der Waals surface area (Å²) in [6.45, 7) is 0.918. The van der Waals surface area contributed by atoms with Gasteiger partial charge in [-0.25, -0.2) is 0 Å². The lowest BCUT2D eigenvalue weighted by Gasteiger charge is -2.10. The summed E-state index contributed by atoms with van der Waals surface area (Å²) in [5.41, 5.74) is 2.42. The largest absolute Gasteiger partial charge is 0.321 e. The number of aryl methyl sites for hydroxylation is 1. The number of carbonyl (C=O) groups excluding carboxylic acids is 1. The summed E-state index contributed by atoms with van der Waals surface area (Å²) < 4.78 is 2.18. The number of amides is 1. The summed E-state index contributed by atoms with van der Waals surface area (Å²) in [7, 11) is 0. The molecule has 1 aliphatic rings. The van der Waals surface area contributed by atoms with Crippen molar-refractivity contribution in [2.45, 2.75) is 32.2 Å². The molecule has 0 atom stereocenters. The molecule has 0 saturated heterocycles. The summed E-state index contributed by atoms with van der Waals surface area (Å²) >= 11 is 6.31. The van der Waals surface area contributed by atoms with Crippen LogP contribution < -0.4 is 5.32 Å². The maximum atomic E-state index is 12.3. The molecule has 1 N–H and O–H groups in total. The number of rotatable bonds is 4. The van der Waals surface area contributed by atoms with E-state index in [0.717, 1.165) is 48.6 Å². The molecule has 4 rings (SSSR count). The van der Waals surface area contributed by atoms with Crippen molar-refractivity contribution in [3.8, 4) is 11.4 Å². The first-order chi connectivity index (χ1) is 13.7. The van der Waals surface area contributed by atoms with Gasteiger partial charge in [0, 0.05) is 24.6 Å². The van der Waals surface area contributed by atoms with Gasteiger partial charge in [0.15, 0.2) is 5.82 Å². The van der Waals surface area contributed by atoms with Crippen LogP contribution in [-0.4, -0.2) is 20.7 Å².